The summed E-state index contributed by atoms with van der Waals surface area (Å²) in [6, 6.07) is 21.5. The normalized spacial score (nSPS) is 10.7. The van der Waals surface area contributed by atoms with Crippen LogP contribution in [0.15, 0.2) is 72.9 Å². The third kappa shape index (κ3) is 2.44. The minimum Gasteiger partial charge on any atom is -0.456 e. The lowest BCUT2D eigenvalue weighted by molar-refractivity contribution is 0.489. The summed E-state index contributed by atoms with van der Waals surface area (Å²) in [7, 11) is 0. The molecule has 0 radical (unpaired) electrons. The molecule has 2 aromatic heterocycles. The number of nitrogens with zero attached hydrogens (tertiary/aromatic N) is 2. The molecule has 0 aliphatic rings. The Hall–Kier alpha value is -2.72. The molecular formula is C18H12N2OS. The van der Waals surface area contributed by atoms with Gasteiger partial charge in [0.2, 0.25) is 0 Å². The number of para-hydroxylation sites is 1. The van der Waals surface area contributed by atoms with E-state index in [4.69, 9.17) is 4.74 Å². The van der Waals surface area contributed by atoms with Crippen LogP contribution in [0.25, 0.3) is 20.9 Å². The summed E-state index contributed by atoms with van der Waals surface area (Å²) >= 11 is 1.60. The second-order valence-corrected chi connectivity index (χ2v) is 5.75. The second-order valence-electron chi connectivity index (χ2n) is 4.75. The molecule has 0 unspecified atom stereocenters. The van der Waals surface area contributed by atoms with Gasteiger partial charge in [-0.25, -0.2) is 4.98 Å². The van der Waals surface area contributed by atoms with Crippen LogP contribution in [0, 0.1) is 0 Å². The van der Waals surface area contributed by atoms with Crippen molar-refractivity contribution < 1.29 is 4.74 Å². The van der Waals surface area contributed by atoms with E-state index >= 15 is 0 Å². The number of ether oxygens (including phenoxy) is 1. The molecule has 3 nitrogen and oxygen atoms in total. The fourth-order valence-corrected chi connectivity index (χ4v) is 3.21. The molecule has 0 atom stereocenters. The monoisotopic (exact) mass is 304 g/mol. The van der Waals surface area contributed by atoms with Gasteiger partial charge in [0.15, 0.2) is 0 Å². The first-order chi connectivity index (χ1) is 10.9. The van der Waals surface area contributed by atoms with Crippen molar-refractivity contribution in [1.82, 2.24) is 9.97 Å². The molecule has 0 amide bonds. The third-order valence-corrected chi connectivity index (χ3v) is 4.34. The maximum absolute atomic E-state index is 5.99. The van der Waals surface area contributed by atoms with E-state index in [9.17, 15) is 0 Å². The van der Waals surface area contributed by atoms with Crippen LogP contribution in [-0.4, -0.2) is 9.97 Å². The Morgan fingerprint density at radius 1 is 0.818 bits per heavy atom. The quantitative estimate of drug-likeness (QED) is 0.525. The van der Waals surface area contributed by atoms with Crippen LogP contribution in [0.4, 0.5) is 0 Å². The number of aromatic nitrogens is 2. The first kappa shape index (κ1) is 13.0. The van der Waals surface area contributed by atoms with Crippen molar-refractivity contribution in [3.05, 3.63) is 72.9 Å². The molecule has 0 saturated carbocycles. The molecule has 0 bridgehead atoms. The molecule has 106 valence electrons. The Labute approximate surface area is 131 Å². The van der Waals surface area contributed by atoms with Crippen LogP contribution < -0.4 is 4.74 Å². The van der Waals surface area contributed by atoms with Crippen molar-refractivity contribution in [3.8, 4) is 22.2 Å². The first-order valence-corrected chi connectivity index (χ1v) is 7.76. The van der Waals surface area contributed by atoms with Gasteiger partial charge < -0.3 is 4.74 Å². The van der Waals surface area contributed by atoms with Crippen molar-refractivity contribution >= 4 is 21.6 Å². The van der Waals surface area contributed by atoms with E-state index in [0.717, 1.165) is 32.4 Å². The molecule has 0 N–H and O–H groups in total. The van der Waals surface area contributed by atoms with Gasteiger partial charge in [0.1, 0.15) is 16.5 Å². The highest BCUT2D eigenvalue weighted by atomic mass is 32.1. The van der Waals surface area contributed by atoms with Crippen LogP contribution in [0.5, 0.6) is 11.5 Å². The predicted octanol–water partition coefficient (Wildman–Crippen LogP) is 5.15. The summed E-state index contributed by atoms with van der Waals surface area (Å²) in [5, 5.41) is 0.903. The highest BCUT2D eigenvalue weighted by Gasteiger charge is 2.11. The number of thiazole rings is 1. The average Bonchev–Trinajstić information content (AvgIpc) is 3.02. The number of pyridine rings is 1. The molecule has 0 aliphatic carbocycles. The summed E-state index contributed by atoms with van der Waals surface area (Å²) in [5.41, 5.74) is 1.81. The van der Waals surface area contributed by atoms with E-state index < -0.39 is 0 Å². The molecule has 0 spiro atoms. The van der Waals surface area contributed by atoms with Crippen LogP contribution in [-0.2, 0) is 0 Å². The van der Waals surface area contributed by atoms with Crippen molar-refractivity contribution in [1.29, 1.82) is 0 Å². The fraction of sp³-hybridized carbons (Fsp3) is 0. The van der Waals surface area contributed by atoms with Crippen molar-refractivity contribution in [2.24, 2.45) is 0 Å². The summed E-state index contributed by atoms with van der Waals surface area (Å²) in [4.78, 5) is 9.03. The zero-order valence-corrected chi connectivity index (χ0v) is 12.5. The van der Waals surface area contributed by atoms with Crippen molar-refractivity contribution in [2.75, 3.05) is 0 Å². The standard InChI is InChI=1S/C18H12N2OS/c1-2-7-13(8-3-1)21-16-11-6-10-14-17(16)22-18(20-14)15-9-4-5-12-19-15/h1-12H. The Morgan fingerprint density at radius 3 is 2.50 bits per heavy atom. The van der Waals surface area contributed by atoms with Gasteiger partial charge in [0.25, 0.3) is 0 Å². The maximum atomic E-state index is 5.99. The summed E-state index contributed by atoms with van der Waals surface area (Å²) in [6.45, 7) is 0. The predicted molar refractivity (Wildman–Crippen MR) is 89.4 cm³/mol. The topological polar surface area (TPSA) is 35.0 Å². The number of fused-ring (bicyclic) bond motifs is 1. The minimum absolute atomic E-state index is 0.822. The summed E-state index contributed by atoms with van der Waals surface area (Å²) in [6.07, 6.45) is 1.78. The SMILES string of the molecule is c1ccc(Oc2cccc3nc(-c4ccccn4)sc23)cc1. The van der Waals surface area contributed by atoms with Gasteiger partial charge in [-0.3, -0.25) is 4.98 Å². The lowest BCUT2D eigenvalue weighted by Crippen LogP contribution is -1.83. The van der Waals surface area contributed by atoms with Gasteiger partial charge in [0, 0.05) is 6.20 Å². The molecule has 0 saturated heterocycles. The Bertz CT molecular complexity index is 904. The van der Waals surface area contributed by atoms with Gasteiger partial charge in [-0.05, 0) is 36.4 Å². The van der Waals surface area contributed by atoms with Crippen LogP contribution in [0.3, 0.4) is 0 Å². The van der Waals surface area contributed by atoms with Gasteiger partial charge >= 0.3 is 0 Å². The maximum Gasteiger partial charge on any atom is 0.146 e. The summed E-state index contributed by atoms with van der Waals surface area (Å²) in [5.74, 6) is 1.64. The molecular weight excluding hydrogens is 292 g/mol. The van der Waals surface area contributed by atoms with Crippen LogP contribution >= 0.6 is 11.3 Å². The zero-order valence-electron chi connectivity index (χ0n) is 11.6. The highest BCUT2D eigenvalue weighted by Crippen LogP contribution is 2.37. The van der Waals surface area contributed by atoms with E-state index in [1.807, 2.05) is 66.7 Å². The van der Waals surface area contributed by atoms with Crippen LogP contribution in [0.2, 0.25) is 0 Å². The molecule has 22 heavy (non-hydrogen) atoms. The highest BCUT2D eigenvalue weighted by molar-refractivity contribution is 7.22. The number of benzene rings is 2. The van der Waals surface area contributed by atoms with E-state index in [0.29, 0.717) is 0 Å². The number of rotatable bonds is 3. The summed E-state index contributed by atoms with van der Waals surface area (Å²) < 4.78 is 7.03. The molecule has 0 aliphatic heterocycles. The van der Waals surface area contributed by atoms with E-state index in [1.54, 1.807) is 17.5 Å². The van der Waals surface area contributed by atoms with Gasteiger partial charge in [-0.1, -0.05) is 30.3 Å². The first-order valence-electron chi connectivity index (χ1n) is 6.94. The molecule has 0 fully saturated rings. The van der Waals surface area contributed by atoms with Crippen molar-refractivity contribution in [2.45, 2.75) is 0 Å². The molecule has 2 aromatic carbocycles. The Balaban J connectivity index is 1.78. The molecule has 2 heterocycles. The van der Waals surface area contributed by atoms with Crippen LogP contribution in [0.1, 0.15) is 0 Å². The van der Waals surface area contributed by atoms with Crippen molar-refractivity contribution in [3.63, 3.8) is 0 Å². The average molecular weight is 304 g/mol. The third-order valence-electron chi connectivity index (χ3n) is 3.23. The molecule has 4 rings (SSSR count). The van der Waals surface area contributed by atoms with E-state index in [2.05, 4.69) is 9.97 Å². The zero-order chi connectivity index (χ0) is 14.8. The Morgan fingerprint density at radius 2 is 1.68 bits per heavy atom. The smallest absolute Gasteiger partial charge is 0.146 e. The van der Waals surface area contributed by atoms with E-state index in [-0.39, 0.29) is 0 Å². The lowest BCUT2D eigenvalue weighted by atomic mass is 10.3. The molecule has 4 aromatic rings. The second kappa shape index (κ2) is 5.58. The molecule has 4 heteroatoms. The Kier molecular flexibility index (Phi) is 3.29. The fourth-order valence-electron chi connectivity index (χ4n) is 2.22. The number of hydrogen-bond donors (Lipinski definition) is 0. The van der Waals surface area contributed by atoms with Gasteiger partial charge in [0.05, 0.1) is 15.9 Å². The van der Waals surface area contributed by atoms with Gasteiger partial charge in [-0.2, -0.15) is 0 Å². The van der Waals surface area contributed by atoms with E-state index in [1.165, 1.54) is 0 Å². The largest absolute Gasteiger partial charge is 0.456 e. The minimum atomic E-state index is 0.822. The lowest BCUT2D eigenvalue weighted by Gasteiger charge is -2.05. The number of hydrogen-bond acceptors (Lipinski definition) is 4. The van der Waals surface area contributed by atoms with Gasteiger partial charge in [-0.15, -0.1) is 11.3 Å².